The Balaban J connectivity index is 1.44. The van der Waals surface area contributed by atoms with Crippen molar-refractivity contribution in [3.05, 3.63) is 23.2 Å². The van der Waals surface area contributed by atoms with Crippen molar-refractivity contribution in [2.75, 3.05) is 31.1 Å². The molecule has 2 aromatic rings. The summed E-state index contributed by atoms with van der Waals surface area (Å²) in [5.41, 5.74) is 0.888. The highest BCUT2D eigenvalue weighted by Gasteiger charge is 2.30. The smallest absolute Gasteiger partial charge is 0.225 e. The Labute approximate surface area is 145 Å². The van der Waals surface area contributed by atoms with Crippen LogP contribution < -0.4 is 4.90 Å². The van der Waals surface area contributed by atoms with Crippen molar-refractivity contribution >= 4 is 44.2 Å². The van der Waals surface area contributed by atoms with Crippen molar-refractivity contribution in [1.29, 1.82) is 0 Å². The number of rotatable bonds is 2. The molecule has 2 aliphatic rings. The lowest BCUT2D eigenvalue weighted by Gasteiger charge is -2.35. The topological polar surface area (TPSA) is 36.4 Å². The lowest BCUT2D eigenvalue weighted by atomic mass is 10.1. The van der Waals surface area contributed by atoms with Crippen molar-refractivity contribution in [3.63, 3.8) is 0 Å². The molecule has 2 heterocycles. The maximum Gasteiger partial charge on any atom is 0.225 e. The van der Waals surface area contributed by atoms with E-state index in [9.17, 15) is 4.79 Å². The van der Waals surface area contributed by atoms with Crippen molar-refractivity contribution in [1.82, 2.24) is 9.88 Å². The molecule has 0 radical (unpaired) electrons. The standard InChI is InChI=1S/C17H20ClN3OS/c18-13-6-3-7-14-15(13)19-17(23-14)21-10-8-20(9-11-21)16(22)12-4-1-2-5-12/h3,6-7,12H,1-2,4-5,8-11H2. The number of hydrogen-bond donors (Lipinski definition) is 0. The van der Waals surface area contributed by atoms with Crippen LogP contribution in [0.4, 0.5) is 5.13 Å². The predicted molar refractivity (Wildman–Crippen MR) is 95.4 cm³/mol. The molecule has 0 unspecified atom stereocenters. The number of hydrogen-bond acceptors (Lipinski definition) is 4. The Morgan fingerprint density at radius 2 is 1.91 bits per heavy atom. The molecule has 6 heteroatoms. The Morgan fingerprint density at radius 1 is 1.17 bits per heavy atom. The van der Waals surface area contributed by atoms with E-state index in [4.69, 9.17) is 16.6 Å². The zero-order valence-electron chi connectivity index (χ0n) is 13.0. The second-order valence-corrected chi connectivity index (χ2v) is 7.79. The second-order valence-electron chi connectivity index (χ2n) is 6.38. The van der Waals surface area contributed by atoms with E-state index in [2.05, 4.69) is 11.0 Å². The first-order chi connectivity index (χ1) is 11.2. The van der Waals surface area contributed by atoms with Crippen molar-refractivity contribution < 1.29 is 4.79 Å². The number of carbonyl (C=O) groups excluding carboxylic acids is 1. The molecule has 0 atom stereocenters. The zero-order valence-corrected chi connectivity index (χ0v) is 14.6. The Morgan fingerprint density at radius 3 is 2.61 bits per heavy atom. The van der Waals surface area contributed by atoms with E-state index < -0.39 is 0 Å². The number of para-hydroxylation sites is 1. The monoisotopic (exact) mass is 349 g/mol. The number of carbonyl (C=O) groups is 1. The van der Waals surface area contributed by atoms with Crippen LogP contribution in [0.2, 0.25) is 5.02 Å². The number of halogens is 1. The summed E-state index contributed by atoms with van der Waals surface area (Å²) in [6.07, 6.45) is 4.58. The Kier molecular flexibility index (Phi) is 4.16. The molecular weight excluding hydrogens is 330 g/mol. The van der Waals surface area contributed by atoms with Gasteiger partial charge in [-0.1, -0.05) is 41.8 Å². The van der Waals surface area contributed by atoms with Crippen LogP contribution in [-0.2, 0) is 4.79 Å². The number of fused-ring (bicyclic) bond motifs is 1. The molecule has 1 saturated carbocycles. The molecule has 1 aromatic heterocycles. The van der Waals surface area contributed by atoms with Crippen molar-refractivity contribution in [2.45, 2.75) is 25.7 Å². The molecule has 1 saturated heterocycles. The molecule has 4 nitrogen and oxygen atoms in total. The molecular formula is C17H20ClN3OS. The van der Waals surface area contributed by atoms with E-state index >= 15 is 0 Å². The molecule has 1 aliphatic carbocycles. The minimum absolute atomic E-state index is 0.280. The van der Waals surface area contributed by atoms with Crippen LogP contribution in [0.3, 0.4) is 0 Å². The maximum absolute atomic E-state index is 12.5. The molecule has 1 aromatic carbocycles. The van der Waals surface area contributed by atoms with E-state index in [-0.39, 0.29) is 5.92 Å². The van der Waals surface area contributed by atoms with Gasteiger partial charge in [-0.15, -0.1) is 0 Å². The summed E-state index contributed by atoms with van der Waals surface area (Å²) in [4.78, 5) is 21.5. The maximum atomic E-state index is 12.5. The zero-order chi connectivity index (χ0) is 15.8. The fourth-order valence-corrected chi connectivity index (χ4v) is 4.90. The SMILES string of the molecule is O=C(C1CCCC1)N1CCN(c2nc3c(Cl)cccc3s2)CC1. The van der Waals surface area contributed by atoms with Gasteiger partial charge in [0, 0.05) is 32.1 Å². The molecule has 0 N–H and O–H groups in total. The first-order valence-electron chi connectivity index (χ1n) is 8.31. The van der Waals surface area contributed by atoms with E-state index in [1.807, 2.05) is 17.0 Å². The fourth-order valence-electron chi connectivity index (χ4n) is 3.59. The molecule has 0 spiro atoms. The Bertz CT molecular complexity index is 718. The van der Waals surface area contributed by atoms with Crippen LogP contribution >= 0.6 is 22.9 Å². The van der Waals surface area contributed by atoms with Gasteiger partial charge in [0.25, 0.3) is 0 Å². The molecule has 2 fully saturated rings. The van der Waals surface area contributed by atoms with Crippen LogP contribution in [-0.4, -0.2) is 42.0 Å². The van der Waals surface area contributed by atoms with Gasteiger partial charge in [0.2, 0.25) is 5.91 Å². The summed E-state index contributed by atoms with van der Waals surface area (Å²) in [6, 6.07) is 5.90. The van der Waals surface area contributed by atoms with Gasteiger partial charge in [0.05, 0.1) is 9.72 Å². The van der Waals surface area contributed by atoms with Crippen LogP contribution in [0.25, 0.3) is 10.2 Å². The van der Waals surface area contributed by atoms with E-state index in [0.717, 1.165) is 54.4 Å². The minimum Gasteiger partial charge on any atom is -0.345 e. The van der Waals surface area contributed by atoms with Gasteiger partial charge in [-0.05, 0) is 25.0 Å². The molecule has 0 bridgehead atoms. The van der Waals surface area contributed by atoms with E-state index in [0.29, 0.717) is 10.9 Å². The number of thiazole rings is 1. The fraction of sp³-hybridized carbons (Fsp3) is 0.529. The van der Waals surface area contributed by atoms with Gasteiger partial charge >= 0.3 is 0 Å². The minimum atomic E-state index is 0.280. The van der Waals surface area contributed by atoms with E-state index in [1.165, 1.54) is 12.8 Å². The first-order valence-corrected chi connectivity index (χ1v) is 9.50. The van der Waals surface area contributed by atoms with Gasteiger partial charge in [-0.3, -0.25) is 4.79 Å². The molecule has 1 amide bonds. The average Bonchev–Trinajstić information content (AvgIpc) is 3.24. The number of benzene rings is 1. The third kappa shape index (κ3) is 2.92. The van der Waals surface area contributed by atoms with Crippen LogP contribution in [0, 0.1) is 5.92 Å². The van der Waals surface area contributed by atoms with Gasteiger partial charge in [0.15, 0.2) is 5.13 Å². The molecule has 1 aliphatic heterocycles. The molecule has 23 heavy (non-hydrogen) atoms. The van der Waals surface area contributed by atoms with Gasteiger partial charge in [-0.25, -0.2) is 4.98 Å². The predicted octanol–water partition coefficient (Wildman–Crippen LogP) is 3.79. The van der Waals surface area contributed by atoms with Gasteiger partial charge < -0.3 is 9.80 Å². The number of nitrogens with zero attached hydrogens (tertiary/aromatic N) is 3. The number of amides is 1. The average molecular weight is 350 g/mol. The van der Waals surface area contributed by atoms with Crippen LogP contribution in [0.1, 0.15) is 25.7 Å². The third-order valence-corrected chi connectivity index (χ3v) is 6.31. The second kappa shape index (κ2) is 6.29. The first kappa shape index (κ1) is 15.2. The van der Waals surface area contributed by atoms with Crippen molar-refractivity contribution in [2.24, 2.45) is 5.92 Å². The van der Waals surface area contributed by atoms with Crippen molar-refractivity contribution in [3.8, 4) is 0 Å². The molecule has 4 rings (SSSR count). The normalized spacial score (nSPS) is 19.7. The summed E-state index contributed by atoms with van der Waals surface area (Å²) in [7, 11) is 0. The quantitative estimate of drug-likeness (QED) is 0.827. The van der Waals surface area contributed by atoms with Gasteiger partial charge in [-0.2, -0.15) is 0 Å². The summed E-state index contributed by atoms with van der Waals surface area (Å²) in [6.45, 7) is 3.32. The largest absolute Gasteiger partial charge is 0.345 e. The highest BCUT2D eigenvalue weighted by Crippen LogP contribution is 2.33. The highest BCUT2D eigenvalue weighted by molar-refractivity contribution is 7.22. The summed E-state index contributed by atoms with van der Waals surface area (Å²) < 4.78 is 1.12. The van der Waals surface area contributed by atoms with Crippen LogP contribution in [0.15, 0.2) is 18.2 Å². The lowest BCUT2D eigenvalue weighted by Crippen LogP contribution is -2.50. The summed E-state index contributed by atoms with van der Waals surface area (Å²) >= 11 is 7.90. The Hall–Kier alpha value is -1.33. The number of aromatic nitrogens is 1. The van der Waals surface area contributed by atoms with Crippen LogP contribution in [0.5, 0.6) is 0 Å². The summed E-state index contributed by atoms with van der Waals surface area (Å²) in [5, 5.41) is 1.72. The lowest BCUT2D eigenvalue weighted by molar-refractivity contribution is -0.135. The van der Waals surface area contributed by atoms with E-state index in [1.54, 1.807) is 11.3 Å². The third-order valence-electron chi connectivity index (χ3n) is 4.92. The molecule has 122 valence electrons. The number of anilines is 1. The number of piperazine rings is 1. The highest BCUT2D eigenvalue weighted by atomic mass is 35.5. The van der Waals surface area contributed by atoms with Gasteiger partial charge in [0.1, 0.15) is 5.52 Å². The summed E-state index contributed by atoms with van der Waals surface area (Å²) in [5.74, 6) is 0.650.